The van der Waals surface area contributed by atoms with Crippen molar-refractivity contribution >= 4 is 17.5 Å². The minimum Gasteiger partial charge on any atom is -0.488 e. The summed E-state index contributed by atoms with van der Waals surface area (Å²) in [7, 11) is 1.80. The van der Waals surface area contributed by atoms with Crippen molar-refractivity contribution in [3.63, 3.8) is 0 Å². The summed E-state index contributed by atoms with van der Waals surface area (Å²) < 4.78 is 45.0. The van der Waals surface area contributed by atoms with Gasteiger partial charge in [0.05, 0.1) is 19.3 Å². The summed E-state index contributed by atoms with van der Waals surface area (Å²) in [5.74, 6) is -4.94. The molecule has 0 saturated heterocycles. The minimum atomic E-state index is -1.68. The van der Waals surface area contributed by atoms with E-state index < -0.39 is 41.5 Å². The van der Waals surface area contributed by atoms with Crippen LogP contribution in [0.1, 0.15) is 0 Å². The monoisotopic (exact) mass is 396 g/mol. The van der Waals surface area contributed by atoms with E-state index in [0.717, 1.165) is 16.7 Å². The standard InChI is InChI=1S/C19H20F3N3O3/c1-25(9-10-28-13-5-3-2-4-6-13)12-17(27)23-11-16(26)24-15-8-7-14(20)18(21)19(15)22/h2-8H,9-12H2,1H3,(H,23,27)(H,24,26)/p+1. The van der Waals surface area contributed by atoms with Crippen molar-refractivity contribution in [1.82, 2.24) is 5.32 Å². The van der Waals surface area contributed by atoms with Crippen LogP contribution in [0.5, 0.6) is 5.75 Å². The number of anilines is 1. The number of carbonyl (C=O) groups is 2. The van der Waals surface area contributed by atoms with Crippen LogP contribution >= 0.6 is 0 Å². The van der Waals surface area contributed by atoms with Gasteiger partial charge < -0.3 is 20.3 Å². The molecule has 2 aromatic rings. The van der Waals surface area contributed by atoms with E-state index in [2.05, 4.69) is 10.6 Å². The first-order valence-corrected chi connectivity index (χ1v) is 8.56. The Morgan fingerprint density at radius 3 is 2.43 bits per heavy atom. The number of likely N-dealkylation sites (N-methyl/N-ethyl adjacent to an activating group) is 1. The van der Waals surface area contributed by atoms with Gasteiger partial charge in [0, 0.05) is 0 Å². The molecule has 0 aliphatic rings. The highest BCUT2D eigenvalue weighted by Gasteiger charge is 2.16. The quantitative estimate of drug-likeness (QED) is 0.548. The third kappa shape index (κ3) is 6.58. The van der Waals surface area contributed by atoms with E-state index in [1.165, 1.54) is 0 Å². The van der Waals surface area contributed by atoms with Crippen LogP contribution < -0.4 is 20.3 Å². The molecule has 9 heteroatoms. The van der Waals surface area contributed by atoms with Crippen molar-refractivity contribution in [2.24, 2.45) is 0 Å². The third-order valence-corrected chi connectivity index (χ3v) is 3.76. The van der Waals surface area contributed by atoms with Crippen LogP contribution in [0.3, 0.4) is 0 Å². The fourth-order valence-electron chi connectivity index (χ4n) is 2.28. The van der Waals surface area contributed by atoms with Gasteiger partial charge in [0.25, 0.3) is 5.91 Å². The van der Waals surface area contributed by atoms with E-state index in [9.17, 15) is 22.8 Å². The number of carbonyl (C=O) groups excluding carboxylic acids is 2. The molecule has 0 saturated carbocycles. The van der Waals surface area contributed by atoms with Crippen LogP contribution in [0.4, 0.5) is 18.9 Å². The van der Waals surface area contributed by atoms with Crippen molar-refractivity contribution in [3.05, 3.63) is 59.9 Å². The Morgan fingerprint density at radius 1 is 1.00 bits per heavy atom. The maximum Gasteiger partial charge on any atom is 0.275 e. The Morgan fingerprint density at radius 2 is 1.71 bits per heavy atom. The second kappa shape index (κ2) is 10.3. The van der Waals surface area contributed by atoms with Gasteiger partial charge in [-0.25, -0.2) is 13.2 Å². The highest BCUT2D eigenvalue weighted by Crippen LogP contribution is 2.19. The number of para-hydroxylation sites is 1. The first-order valence-electron chi connectivity index (χ1n) is 8.56. The lowest BCUT2D eigenvalue weighted by atomic mass is 10.2. The molecule has 2 rings (SSSR count). The Balaban J connectivity index is 1.68. The molecule has 0 radical (unpaired) electrons. The van der Waals surface area contributed by atoms with Gasteiger partial charge in [-0.05, 0) is 24.3 Å². The summed E-state index contributed by atoms with van der Waals surface area (Å²) in [6.07, 6.45) is 0. The predicted molar refractivity (Wildman–Crippen MR) is 96.5 cm³/mol. The maximum atomic E-state index is 13.5. The molecule has 6 nitrogen and oxygen atoms in total. The molecular weight excluding hydrogens is 375 g/mol. The number of nitrogens with one attached hydrogen (secondary N) is 3. The molecule has 150 valence electrons. The van der Waals surface area contributed by atoms with E-state index >= 15 is 0 Å². The van der Waals surface area contributed by atoms with E-state index in [0.29, 0.717) is 19.2 Å². The first kappa shape index (κ1) is 21.2. The molecule has 0 fully saturated rings. The lowest BCUT2D eigenvalue weighted by Crippen LogP contribution is -3.10. The highest BCUT2D eigenvalue weighted by atomic mass is 19.2. The van der Waals surface area contributed by atoms with E-state index in [1.54, 1.807) is 7.05 Å². The van der Waals surface area contributed by atoms with Crippen LogP contribution in [0.2, 0.25) is 0 Å². The normalized spacial score (nSPS) is 11.6. The molecule has 1 unspecified atom stereocenters. The zero-order valence-corrected chi connectivity index (χ0v) is 15.2. The van der Waals surface area contributed by atoms with Gasteiger partial charge in [-0.2, -0.15) is 0 Å². The lowest BCUT2D eigenvalue weighted by Gasteiger charge is -2.14. The maximum absolute atomic E-state index is 13.5. The van der Waals surface area contributed by atoms with Crippen LogP contribution in [0.25, 0.3) is 0 Å². The van der Waals surface area contributed by atoms with Crippen LogP contribution in [0, 0.1) is 17.5 Å². The average molecular weight is 396 g/mol. The van der Waals surface area contributed by atoms with Crippen molar-refractivity contribution in [3.8, 4) is 5.75 Å². The van der Waals surface area contributed by atoms with E-state index in [1.807, 2.05) is 30.3 Å². The number of rotatable bonds is 9. The van der Waals surface area contributed by atoms with Gasteiger partial charge in [0.2, 0.25) is 5.91 Å². The smallest absolute Gasteiger partial charge is 0.275 e. The minimum absolute atomic E-state index is 0.102. The molecule has 0 aliphatic carbocycles. The SMILES string of the molecule is C[NH+](CCOc1ccccc1)CC(=O)NCC(=O)Nc1ccc(F)c(F)c1F. The van der Waals surface area contributed by atoms with Crippen molar-refractivity contribution in [2.45, 2.75) is 0 Å². The van der Waals surface area contributed by atoms with Crippen LogP contribution in [0.15, 0.2) is 42.5 Å². The number of ether oxygens (including phenoxy) is 1. The van der Waals surface area contributed by atoms with Crippen molar-refractivity contribution < 1.29 is 32.4 Å². The fraction of sp³-hybridized carbons (Fsp3) is 0.263. The third-order valence-electron chi connectivity index (χ3n) is 3.76. The number of hydrogen-bond donors (Lipinski definition) is 3. The fourth-order valence-corrected chi connectivity index (χ4v) is 2.28. The molecular formula is C19H21F3N3O3+. The van der Waals surface area contributed by atoms with Crippen molar-refractivity contribution in [2.75, 3.05) is 38.6 Å². The Hall–Kier alpha value is -3.07. The largest absolute Gasteiger partial charge is 0.488 e. The number of amides is 2. The summed E-state index contributed by atoms with van der Waals surface area (Å²) in [5.41, 5.74) is -0.501. The molecule has 0 bridgehead atoms. The Kier molecular flexibility index (Phi) is 7.82. The lowest BCUT2D eigenvalue weighted by molar-refractivity contribution is -0.871. The summed E-state index contributed by atoms with van der Waals surface area (Å²) >= 11 is 0. The molecule has 0 spiro atoms. The van der Waals surface area contributed by atoms with Crippen LogP contribution in [-0.4, -0.2) is 45.1 Å². The molecule has 2 aromatic carbocycles. The Bertz CT molecular complexity index is 819. The summed E-state index contributed by atoms with van der Waals surface area (Å²) in [4.78, 5) is 24.5. The van der Waals surface area contributed by atoms with Gasteiger partial charge >= 0.3 is 0 Å². The number of hydrogen-bond acceptors (Lipinski definition) is 3. The highest BCUT2D eigenvalue weighted by molar-refractivity contribution is 5.94. The molecule has 3 N–H and O–H groups in total. The zero-order chi connectivity index (χ0) is 20.5. The zero-order valence-electron chi connectivity index (χ0n) is 15.2. The number of benzene rings is 2. The van der Waals surface area contributed by atoms with Crippen LogP contribution in [-0.2, 0) is 9.59 Å². The summed E-state index contributed by atoms with van der Waals surface area (Å²) in [5, 5.41) is 4.46. The molecule has 0 heterocycles. The Labute approximate surface area is 160 Å². The summed E-state index contributed by atoms with van der Waals surface area (Å²) in [6.45, 7) is 0.656. The van der Waals surface area contributed by atoms with Crippen molar-refractivity contribution in [1.29, 1.82) is 0 Å². The van der Waals surface area contributed by atoms with Gasteiger partial charge in [0.1, 0.15) is 18.9 Å². The summed E-state index contributed by atoms with van der Waals surface area (Å²) in [6, 6.07) is 10.9. The van der Waals surface area contributed by atoms with Gasteiger partial charge in [0.15, 0.2) is 24.0 Å². The van der Waals surface area contributed by atoms with E-state index in [-0.39, 0.29) is 6.54 Å². The van der Waals surface area contributed by atoms with Gasteiger partial charge in [-0.15, -0.1) is 0 Å². The number of halogens is 3. The van der Waals surface area contributed by atoms with Gasteiger partial charge in [-0.1, -0.05) is 18.2 Å². The molecule has 1 atom stereocenters. The van der Waals surface area contributed by atoms with E-state index in [4.69, 9.17) is 4.74 Å². The topological polar surface area (TPSA) is 71.9 Å². The molecule has 0 aromatic heterocycles. The average Bonchev–Trinajstić information content (AvgIpc) is 2.67. The number of quaternary nitrogens is 1. The molecule has 28 heavy (non-hydrogen) atoms. The first-order chi connectivity index (χ1) is 13.4. The molecule has 0 aliphatic heterocycles. The van der Waals surface area contributed by atoms with Gasteiger partial charge in [-0.3, -0.25) is 9.59 Å². The molecule has 2 amide bonds. The predicted octanol–water partition coefficient (Wildman–Crippen LogP) is 0.752. The second-order valence-electron chi connectivity index (χ2n) is 6.09. The second-order valence-corrected chi connectivity index (χ2v) is 6.09.